The third-order valence-corrected chi connectivity index (χ3v) is 5.27. The Morgan fingerprint density at radius 2 is 1.27 bits per heavy atom. The number of aromatic hydroxyl groups is 2. The SMILES string of the molecule is CCOC(=O)CCCOc1ccc(C(CC)=C(c2ccc(O)cc2)c2ccc(O)cc2)cc1. The molecule has 0 amide bonds. The second-order valence-electron chi connectivity index (χ2n) is 7.58. The summed E-state index contributed by atoms with van der Waals surface area (Å²) in [5, 5.41) is 19.5. The molecule has 5 heteroatoms. The van der Waals surface area contributed by atoms with Gasteiger partial charge in [0.1, 0.15) is 17.2 Å². The molecule has 5 nitrogen and oxygen atoms in total. The highest BCUT2D eigenvalue weighted by molar-refractivity contribution is 5.98. The number of phenols is 2. The summed E-state index contributed by atoms with van der Waals surface area (Å²) in [6, 6.07) is 22.2. The maximum Gasteiger partial charge on any atom is 0.305 e. The topological polar surface area (TPSA) is 76.0 Å². The van der Waals surface area contributed by atoms with Crippen molar-refractivity contribution in [3.63, 3.8) is 0 Å². The molecule has 0 aromatic heterocycles. The minimum Gasteiger partial charge on any atom is -0.508 e. The fourth-order valence-corrected chi connectivity index (χ4v) is 3.69. The van der Waals surface area contributed by atoms with E-state index >= 15 is 0 Å². The fraction of sp³-hybridized carbons (Fsp3) is 0.250. The summed E-state index contributed by atoms with van der Waals surface area (Å²) in [4.78, 5) is 11.4. The van der Waals surface area contributed by atoms with Crippen molar-refractivity contribution in [3.05, 3.63) is 89.5 Å². The van der Waals surface area contributed by atoms with E-state index in [1.807, 2.05) is 48.5 Å². The number of hydrogen-bond acceptors (Lipinski definition) is 5. The van der Waals surface area contributed by atoms with E-state index < -0.39 is 0 Å². The molecule has 0 heterocycles. The summed E-state index contributed by atoms with van der Waals surface area (Å²) < 4.78 is 10.7. The highest BCUT2D eigenvalue weighted by Gasteiger charge is 2.14. The Balaban J connectivity index is 1.86. The minimum absolute atomic E-state index is 0.204. The maximum absolute atomic E-state index is 11.4. The van der Waals surface area contributed by atoms with Gasteiger partial charge in [-0.25, -0.2) is 0 Å². The van der Waals surface area contributed by atoms with Crippen LogP contribution in [0.1, 0.15) is 49.8 Å². The number of ether oxygens (including phenoxy) is 2. The predicted molar refractivity (Wildman–Crippen MR) is 130 cm³/mol. The van der Waals surface area contributed by atoms with Gasteiger partial charge >= 0.3 is 5.97 Å². The number of allylic oxidation sites excluding steroid dienone is 1. The lowest BCUT2D eigenvalue weighted by Crippen LogP contribution is -2.06. The van der Waals surface area contributed by atoms with Gasteiger partial charge < -0.3 is 19.7 Å². The summed E-state index contributed by atoms with van der Waals surface area (Å²) in [6.07, 6.45) is 1.74. The zero-order chi connectivity index (χ0) is 23.6. The predicted octanol–water partition coefficient (Wildman–Crippen LogP) is 6.19. The van der Waals surface area contributed by atoms with Gasteiger partial charge in [0.25, 0.3) is 0 Å². The van der Waals surface area contributed by atoms with Crippen LogP contribution in [0.2, 0.25) is 0 Å². The molecule has 0 spiro atoms. The number of rotatable bonds is 10. The molecule has 2 N–H and O–H groups in total. The summed E-state index contributed by atoms with van der Waals surface area (Å²) in [6.45, 7) is 4.74. The van der Waals surface area contributed by atoms with E-state index in [4.69, 9.17) is 9.47 Å². The highest BCUT2D eigenvalue weighted by Crippen LogP contribution is 2.36. The molecule has 0 saturated heterocycles. The summed E-state index contributed by atoms with van der Waals surface area (Å²) in [5.74, 6) is 0.969. The first-order valence-corrected chi connectivity index (χ1v) is 11.2. The normalized spacial score (nSPS) is 10.5. The van der Waals surface area contributed by atoms with Crippen molar-refractivity contribution < 1.29 is 24.5 Å². The molecule has 0 bridgehead atoms. The van der Waals surface area contributed by atoms with Crippen LogP contribution in [0.25, 0.3) is 11.1 Å². The van der Waals surface area contributed by atoms with Crippen LogP contribution in [-0.4, -0.2) is 29.4 Å². The Morgan fingerprint density at radius 1 is 0.758 bits per heavy atom. The Hall–Kier alpha value is -3.73. The van der Waals surface area contributed by atoms with Crippen LogP contribution in [-0.2, 0) is 9.53 Å². The molecular weight excluding hydrogens is 416 g/mol. The van der Waals surface area contributed by atoms with Gasteiger partial charge in [-0.1, -0.05) is 43.3 Å². The van der Waals surface area contributed by atoms with Crippen LogP contribution in [0, 0.1) is 0 Å². The number of phenolic OH excluding ortho intramolecular Hbond substituents is 2. The van der Waals surface area contributed by atoms with Crippen molar-refractivity contribution in [2.45, 2.75) is 33.1 Å². The van der Waals surface area contributed by atoms with Gasteiger partial charge in [-0.3, -0.25) is 4.79 Å². The first kappa shape index (κ1) is 23.9. The maximum atomic E-state index is 11.4. The number of benzene rings is 3. The molecule has 0 aliphatic heterocycles. The molecule has 0 radical (unpaired) electrons. The van der Waals surface area contributed by atoms with E-state index in [0.717, 1.165) is 40.0 Å². The zero-order valence-electron chi connectivity index (χ0n) is 19.1. The standard InChI is InChI=1S/C28H30O5/c1-3-26(20-11-17-25(18-12-20)33-19-5-6-27(31)32-4-2)28(21-7-13-23(29)14-8-21)22-9-15-24(30)16-10-22/h7-18,29-30H,3-6,19H2,1-2H3. The fourth-order valence-electron chi connectivity index (χ4n) is 3.69. The average Bonchev–Trinajstić information content (AvgIpc) is 2.82. The minimum atomic E-state index is -0.204. The average molecular weight is 447 g/mol. The Morgan fingerprint density at radius 3 is 1.76 bits per heavy atom. The largest absolute Gasteiger partial charge is 0.508 e. The summed E-state index contributed by atoms with van der Waals surface area (Å²) >= 11 is 0. The third kappa shape index (κ3) is 6.62. The van der Waals surface area contributed by atoms with Gasteiger partial charge in [0.15, 0.2) is 0 Å². The molecule has 0 saturated carbocycles. The van der Waals surface area contributed by atoms with Crippen LogP contribution in [0.4, 0.5) is 0 Å². The number of carbonyl (C=O) groups excluding carboxylic acids is 1. The monoisotopic (exact) mass is 446 g/mol. The quantitative estimate of drug-likeness (QED) is 0.221. The third-order valence-electron chi connectivity index (χ3n) is 5.27. The lowest BCUT2D eigenvalue weighted by atomic mass is 9.88. The molecule has 0 fully saturated rings. The van der Waals surface area contributed by atoms with E-state index in [-0.39, 0.29) is 17.5 Å². The molecule has 33 heavy (non-hydrogen) atoms. The van der Waals surface area contributed by atoms with Crippen molar-refractivity contribution >= 4 is 17.1 Å². The van der Waals surface area contributed by atoms with E-state index in [9.17, 15) is 15.0 Å². The highest BCUT2D eigenvalue weighted by atomic mass is 16.5. The molecule has 0 unspecified atom stereocenters. The summed E-state index contributed by atoms with van der Waals surface area (Å²) in [7, 11) is 0. The van der Waals surface area contributed by atoms with Gasteiger partial charge in [0.05, 0.1) is 13.2 Å². The molecule has 0 atom stereocenters. The molecule has 3 aromatic rings. The van der Waals surface area contributed by atoms with Crippen molar-refractivity contribution in [3.8, 4) is 17.2 Å². The van der Waals surface area contributed by atoms with Crippen LogP contribution in [0.5, 0.6) is 17.2 Å². The smallest absolute Gasteiger partial charge is 0.305 e. The van der Waals surface area contributed by atoms with Crippen molar-refractivity contribution in [2.75, 3.05) is 13.2 Å². The molecule has 172 valence electrons. The number of carbonyl (C=O) groups is 1. The first-order chi connectivity index (χ1) is 16.0. The van der Waals surface area contributed by atoms with Crippen LogP contribution >= 0.6 is 0 Å². The van der Waals surface area contributed by atoms with E-state index in [1.165, 1.54) is 0 Å². The van der Waals surface area contributed by atoms with Gasteiger partial charge in [-0.05, 0) is 84.0 Å². The summed E-state index contributed by atoms with van der Waals surface area (Å²) in [5.41, 5.74) is 5.21. The van der Waals surface area contributed by atoms with Gasteiger partial charge in [-0.2, -0.15) is 0 Å². The molecule has 3 rings (SSSR count). The van der Waals surface area contributed by atoms with Crippen LogP contribution in [0.3, 0.4) is 0 Å². The number of esters is 1. The van der Waals surface area contributed by atoms with Crippen LogP contribution in [0.15, 0.2) is 72.8 Å². The van der Waals surface area contributed by atoms with Gasteiger partial charge in [0, 0.05) is 6.42 Å². The Labute approximate surface area is 194 Å². The van der Waals surface area contributed by atoms with Crippen molar-refractivity contribution in [1.82, 2.24) is 0 Å². The molecule has 0 aliphatic carbocycles. The first-order valence-electron chi connectivity index (χ1n) is 11.2. The molecule has 3 aromatic carbocycles. The van der Waals surface area contributed by atoms with Crippen LogP contribution < -0.4 is 4.74 Å². The zero-order valence-corrected chi connectivity index (χ0v) is 19.1. The van der Waals surface area contributed by atoms with E-state index in [0.29, 0.717) is 26.1 Å². The molecule has 0 aliphatic rings. The Bertz CT molecular complexity index is 1020. The van der Waals surface area contributed by atoms with E-state index in [2.05, 4.69) is 6.92 Å². The number of hydrogen-bond donors (Lipinski definition) is 2. The molecular formula is C28H30O5. The second kappa shape index (κ2) is 11.8. The van der Waals surface area contributed by atoms with Crippen molar-refractivity contribution in [1.29, 1.82) is 0 Å². The van der Waals surface area contributed by atoms with Gasteiger partial charge in [0.2, 0.25) is 0 Å². The lowest BCUT2D eigenvalue weighted by Gasteiger charge is -2.17. The lowest BCUT2D eigenvalue weighted by molar-refractivity contribution is -0.143. The second-order valence-corrected chi connectivity index (χ2v) is 7.58. The van der Waals surface area contributed by atoms with Crippen molar-refractivity contribution in [2.24, 2.45) is 0 Å². The Kier molecular flexibility index (Phi) is 8.53. The van der Waals surface area contributed by atoms with Gasteiger partial charge in [-0.15, -0.1) is 0 Å². The van der Waals surface area contributed by atoms with E-state index in [1.54, 1.807) is 31.2 Å².